The number of likely N-dealkylation sites (N-methyl/N-ethyl adjacent to an activating group) is 1. The maximum absolute atomic E-state index is 13.3. The molecule has 6 nitrogen and oxygen atoms in total. The molecule has 3 heterocycles. The molecule has 1 aliphatic carbocycles. The van der Waals surface area contributed by atoms with Crippen LogP contribution in [0.5, 0.6) is 5.75 Å². The van der Waals surface area contributed by atoms with E-state index >= 15 is 0 Å². The molecule has 160 valence electrons. The van der Waals surface area contributed by atoms with Gasteiger partial charge in [-0.2, -0.15) is 0 Å². The van der Waals surface area contributed by atoms with Crippen molar-refractivity contribution < 1.29 is 18.7 Å². The number of hydrogen-bond donors (Lipinski definition) is 0. The second-order valence-corrected chi connectivity index (χ2v) is 9.26. The summed E-state index contributed by atoms with van der Waals surface area (Å²) in [7, 11) is 2.06. The average molecular weight is 411 g/mol. The molecule has 5 rings (SSSR count). The second-order valence-electron chi connectivity index (χ2n) is 9.26. The summed E-state index contributed by atoms with van der Waals surface area (Å²) in [6.45, 7) is 4.98. The third-order valence-corrected chi connectivity index (χ3v) is 7.14. The molecule has 1 saturated carbocycles. The Hall–Kier alpha value is -2.34. The number of benzene rings is 1. The molecule has 1 aromatic heterocycles. The highest BCUT2D eigenvalue weighted by molar-refractivity contribution is 6.13. The fraction of sp³-hybridized carbons (Fsp3) is 0.583. The van der Waals surface area contributed by atoms with Gasteiger partial charge in [0.2, 0.25) is 0 Å². The first-order valence-corrected chi connectivity index (χ1v) is 11.2. The molecule has 6 heteroatoms. The van der Waals surface area contributed by atoms with Gasteiger partial charge in [0.1, 0.15) is 16.9 Å². The molecule has 0 radical (unpaired) electrons. The van der Waals surface area contributed by atoms with E-state index in [0.29, 0.717) is 42.2 Å². The summed E-state index contributed by atoms with van der Waals surface area (Å²) in [6.07, 6.45) is 6.94. The van der Waals surface area contributed by atoms with Gasteiger partial charge in [-0.1, -0.05) is 12.8 Å². The summed E-state index contributed by atoms with van der Waals surface area (Å²) in [4.78, 5) is 30.5. The molecule has 30 heavy (non-hydrogen) atoms. The van der Waals surface area contributed by atoms with Crippen LogP contribution in [0.3, 0.4) is 0 Å². The number of hydrogen-bond acceptors (Lipinski definition) is 5. The number of Topliss-reactive ketones (excluding diaryl/α,β-unsaturated/α-hetero) is 1. The van der Waals surface area contributed by atoms with Gasteiger partial charge in [0.25, 0.3) is 5.91 Å². The summed E-state index contributed by atoms with van der Waals surface area (Å²) in [5.41, 5.74) is 1.59. The lowest BCUT2D eigenvalue weighted by Gasteiger charge is -2.37. The number of aryl methyl sites for hydroxylation is 1. The molecule has 2 fully saturated rings. The first-order valence-electron chi connectivity index (χ1n) is 11.2. The van der Waals surface area contributed by atoms with Gasteiger partial charge in [0.15, 0.2) is 11.5 Å². The van der Waals surface area contributed by atoms with Gasteiger partial charge in [-0.05, 0) is 51.8 Å². The average Bonchev–Trinajstić information content (AvgIpc) is 2.91. The summed E-state index contributed by atoms with van der Waals surface area (Å²) in [5.74, 6) is 1.04. The lowest BCUT2D eigenvalue weighted by Crippen LogP contribution is -2.47. The summed E-state index contributed by atoms with van der Waals surface area (Å²) in [6, 6.07) is 3.71. The standard InChI is InChI=1S/C24H30N2O4/c1-16-20-18(29-22(16)23(28)26-13-11-25(2)12-14-26)7-8-19-21(20)17(27)15-24(30-19)9-5-3-4-6-10-24/h7-8H,3-6,9-15H2,1-2H3. The van der Waals surface area contributed by atoms with Gasteiger partial charge in [-0.3, -0.25) is 9.59 Å². The number of carbonyl (C=O) groups excluding carboxylic acids is 2. The zero-order chi connectivity index (χ0) is 20.9. The number of piperazine rings is 1. The van der Waals surface area contributed by atoms with Crippen LogP contribution < -0.4 is 4.74 Å². The largest absolute Gasteiger partial charge is 0.486 e. The van der Waals surface area contributed by atoms with E-state index in [9.17, 15) is 9.59 Å². The van der Waals surface area contributed by atoms with Gasteiger partial charge in [0.05, 0.1) is 12.0 Å². The Labute approximate surface area is 177 Å². The zero-order valence-electron chi connectivity index (χ0n) is 18.0. The number of carbonyl (C=O) groups is 2. The monoisotopic (exact) mass is 410 g/mol. The van der Waals surface area contributed by atoms with Gasteiger partial charge < -0.3 is 19.0 Å². The van der Waals surface area contributed by atoms with Crippen LogP contribution in [0.1, 0.15) is 71.4 Å². The number of nitrogens with zero attached hydrogens (tertiary/aromatic N) is 2. The first-order chi connectivity index (χ1) is 14.5. The van der Waals surface area contributed by atoms with E-state index in [2.05, 4.69) is 11.9 Å². The van der Waals surface area contributed by atoms with Crippen molar-refractivity contribution in [3.8, 4) is 5.75 Å². The van der Waals surface area contributed by atoms with E-state index in [1.807, 2.05) is 24.0 Å². The van der Waals surface area contributed by atoms with Crippen LogP contribution in [-0.2, 0) is 0 Å². The summed E-state index contributed by atoms with van der Waals surface area (Å²) < 4.78 is 12.5. The molecular formula is C24H30N2O4. The van der Waals surface area contributed by atoms with Crippen LogP contribution >= 0.6 is 0 Å². The predicted molar refractivity (Wildman–Crippen MR) is 114 cm³/mol. The Kier molecular flexibility index (Phi) is 4.85. The Bertz CT molecular complexity index is 992. The molecule has 2 aliphatic heterocycles. The van der Waals surface area contributed by atoms with E-state index < -0.39 is 0 Å². The minimum Gasteiger partial charge on any atom is -0.486 e. The normalized spacial score (nSPS) is 22.1. The van der Waals surface area contributed by atoms with E-state index in [4.69, 9.17) is 9.15 Å². The summed E-state index contributed by atoms with van der Waals surface area (Å²) in [5, 5.41) is 0.749. The van der Waals surface area contributed by atoms with Gasteiger partial charge in [-0.25, -0.2) is 0 Å². The molecule has 0 atom stereocenters. The molecule has 3 aliphatic rings. The van der Waals surface area contributed by atoms with Crippen LogP contribution in [-0.4, -0.2) is 60.3 Å². The molecule has 0 N–H and O–H groups in total. The topological polar surface area (TPSA) is 63.0 Å². The van der Waals surface area contributed by atoms with E-state index in [1.54, 1.807) is 0 Å². The van der Waals surface area contributed by atoms with Gasteiger partial charge in [-0.15, -0.1) is 0 Å². The number of rotatable bonds is 1. The number of furan rings is 1. The highest BCUT2D eigenvalue weighted by Crippen LogP contribution is 2.45. The van der Waals surface area contributed by atoms with Crippen molar-refractivity contribution in [3.63, 3.8) is 0 Å². The summed E-state index contributed by atoms with van der Waals surface area (Å²) >= 11 is 0. The van der Waals surface area contributed by atoms with E-state index in [-0.39, 0.29) is 17.3 Å². The fourth-order valence-electron chi connectivity index (χ4n) is 5.34. The molecule has 2 aromatic rings. The van der Waals surface area contributed by atoms with Crippen molar-refractivity contribution in [2.45, 2.75) is 57.5 Å². The Morgan fingerprint density at radius 1 is 1.03 bits per heavy atom. The Morgan fingerprint density at radius 2 is 1.73 bits per heavy atom. The number of amides is 1. The van der Waals surface area contributed by atoms with Crippen LogP contribution in [0.2, 0.25) is 0 Å². The predicted octanol–water partition coefficient (Wildman–Crippen LogP) is 4.19. The molecule has 1 aromatic carbocycles. The van der Waals surface area contributed by atoms with Crippen molar-refractivity contribution in [2.24, 2.45) is 0 Å². The molecule has 0 bridgehead atoms. The van der Waals surface area contributed by atoms with E-state index in [1.165, 1.54) is 12.8 Å². The fourth-order valence-corrected chi connectivity index (χ4v) is 5.34. The van der Waals surface area contributed by atoms with Crippen LogP contribution in [0.15, 0.2) is 16.5 Å². The lowest BCUT2D eigenvalue weighted by atomic mass is 9.83. The van der Waals surface area contributed by atoms with Crippen molar-refractivity contribution in [2.75, 3.05) is 33.2 Å². The smallest absolute Gasteiger partial charge is 0.289 e. The SMILES string of the molecule is Cc1c(C(=O)N2CCN(C)CC2)oc2ccc3c(c12)C(=O)CC1(CCCCCC1)O3. The number of ketones is 1. The second kappa shape index (κ2) is 7.41. The number of fused-ring (bicyclic) bond motifs is 3. The van der Waals surface area contributed by atoms with Crippen LogP contribution in [0, 0.1) is 6.92 Å². The quantitative estimate of drug-likeness (QED) is 0.706. The Morgan fingerprint density at radius 3 is 2.43 bits per heavy atom. The Balaban J connectivity index is 1.52. The zero-order valence-corrected chi connectivity index (χ0v) is 18.0. The molecule has 1 spiro atoms. The molecular weight excluding hydrogens is 380 g/mol. The maximum atomic E-state index is 13.3. The first kappa shape index (κ1) is 19.6. The number of ether oxygens (including phenoxy) is 1. The van der Waals surface area contributed by atoms with Crippen LogP contribution in [0.4, 0.5) is 0 Å². The molecule has 1 saturated heterocycles. The van der Waals surface area contributed by atoms with Crippen molar-refractivity contribution in [1.82, 2.24) is 9.80 Å². The maximum Gasteiger partial charge on any atom is 0.289 e. The highest BCUT2D eigenvalue weighted by atomic mass is 16.5. The van der Waals surface area contributed by atoms with Crippen LogP contribution in [0.25, 0.3) is 11.0 Å². The van der Waals surface area contributed by atoms with Gasteiger partial charge >= 0.3 is 0 Å². The third kappa shape index (κ3) is 3.22. The lowest BCUT2D eigenvalue weighted by molar-refractivity contribution is 0.0301. The highest BCUT2D eigenvalue weighted by Gasteiger charge is 2.42. The van der Waals surface area contributed by atoms with Crippen molar-refractivity contribution in [3.05, 3.63) is 29.0 Å². The minimum atomic E-state index is -0.357. The molecule has 1 amide bonds. The minimum absolute atomic E-state index is 0.0880. The van der Waals surface area contributed by atoms with Crippen molar-refractivity contribution in [1.29, 1.82) is 0 Å². The van der Waals surface area contributed by atoms with E-state index in [0.717, 1.165) is 49.7 Å². The van der Waals surface area contributed by atoms with Gasteiger partial charge in [0, 0.05) is 37.1 Å². The molecule has 0 unspecified atom stereocenters. The third-order valence-electron chi connectivity index (χ3n) is 7.14. The van der Waals surface area contributed by atoms with Crippen molar-refractivity contribution >= 4 is 22.7 Å².